The van der Waals surface area contributed by atoms with E-state index in [4.69, 9.17) is 4.52 Å². The summed E-state index contributed by atoms with van der Waals surface area (Å²) in [5, 5.41) is 0. The normalized spacial score (nSPS) is 25.4. The van der Waals surface area contributed by atoms with Crippen LogP contribution >= 0.6 is 7.67 Å². The van der Waals surface area contributed by atoms with E-state index < -0.39 is 7.67 Å². The Balaban J connectivity index is 0.00000324. The summed E-state index contributed by atoms with van der Waals surface area (Å²) in [4.78, 5) is 0. The molecule has 0 spiro atoms. The molecule has 116 valence electrons. The summed E-state index contributed by atoms with van der Waals surface area (Å²) in [5.41, 5.74) is -0.115. The molecule has 0 aromatic carbocycles. The predicted octanol–water partition coefficient (Wildman–Crippen LogP) is 4.37. The zero-order valence-electron chi connectivity index (χ0n) is 12.6. The first-order valence-corrected chi connectivity index (χ1v) is 8.67. The molecular formula is C14H33N2O2P. The third kappa shape index (κ3) is 4.56. The van der Waals surface area contributed by atoms with Gasteiger partial charge in [-0.3, -0.25) is 4.57 Å². The van der Waals surface area contributed by atoms with Gasteiger partial charge in [0.2, 0.25) is 0 Å². The first kappa shape index (κ1) is 19.1. The van der Waals surface area contributed by atoms with Gasteiger partial charge in [-0.1, -0.05) is 21.3 Å². The lowest BCUT2D eigenvalue weighted by molar-refractivity contribution is 0.114. The third-order valence-corrected chi connectivity index (χ3v) is 6.22. The fraction of sp³-hybridized carbons (Fsp3) is 1.00. The van der Waals surface area contributed by atoms with Crippen LogP contribution in [0.1, 0.15) is 61.3 Å². The fourth-order valence-electron chi connectivity index (χ4n) is 2.42. The van der Waals surface area contributed by atoms with Gasteiger partial charge in [-0.2, -0.15) is 0 Å². The SMILES string of the molecule is C.CCCN(CCC)P1(=O)OCCCN1C(C)(C)C. The number of hydrogen-bond donors (Lipinski definition) is 0. The summed E-state index contributed by atoms with van der Waals surface area (Å²) < 4.78 is 23.2. The second-order valence-electron chi connectivity index (χ2n) is 5.92. The molecule has 1 unspecified atom stereocenters. The minimum absolute atomic E-state index is 0. The molecular weight excluding hydrogens is 259 g/mol. The third-order valence-electron chi connectivity index (χ3n) is 3.17. The number of hydrogen-bond acceptors (Lipinski definition) is 2. The first-order chi connectivity index (χ1) is 8.36. The van der Waals surface area contributed by atoms with Crippen molar-refractivity contribution in [3.63, 3.8) is 0 Å². The second kappa shape index (κ2) is 7.78. The Morgan fingerprint density at radius 2 is 1.74 bits per heavy atom. The highest BCUT2D eigenvalue weighted by molar-refractivity contribution is 7.54. The molecule has 1 heterocycles. The maximum atomic E-state index is 13.3. The molecule has 1 saturated heterocycles. The molecule has 0 aromatic heterocycles. The summed E-state index contributed by atoms with van der Waals surface area (Å²) in [6, 6.07) is 0. The molecule has 0 aromatic rings. The van der Waals surface area contributed by atoms with Crippen molar-refractivity contribution in [1.29, 1.82) is 0 Å². The molecule has 0 aliphatic carbocycles. The topological polar surface area (TPSA) is 32.8 Å². The van der Waals surface area contributed by atoms with Crippen LogP contribution in [0.2, 0.25) is 0 Å². The minimum atomic E-state index is -2.82. The molecule has 0 radical (unpaired) electrons. The number of rotatable bonds is 5. The van der Waals surface area contributed by atoms with Crippen molar-refractivity contribution in [2.45, 2.75) is 66.8 Å². The van der Waals surface area contributed by atoms with Crippen LogP contribution in [0.15, 0.2) is 0 Å². The van der Waals surface area contributed by atoms with Crippen LogP contribution in [0.4, 0.5) is 0 Å². The van der Waals surface area contributed by atoms with Crippen molar-refractivity contribution in [2.24, 2.45) is 0 Å². The molecule has 1 aliphatic heterocycles. The second-order valence-corrected chi connectivity index (χ2v) is 8.21. The van der Waals surface area contributed by atoms with Crippen LogP contribution in [0.25, 0.3) is 0 Å². The van der Waals surface area contributed by atoms with E-state index in [1.54, 1.807) is 0 Å². The van der Waals surface area contributed by atoms with Crippen LogP contribution in [-0.4, -0.2) is 41.1 Å². The van der Waals surface area contributed by atoms with Crippen molar-refractivity contribution >= 4 is 7.67 Å². The van der Waals surface area contributed by atoms with Gasteiger partial charge in [-0.15, -0.1) is 0 Å². The first-order valence-electron chi connectivity index (χ1n) is 7.14. The molecule has 0 N–H and O–H groups in total. The molecule has 4 nitrogen and oxygen atoms in total. The van der Waals surface area contributed by atoms with Gasteiger partial charge in [0, 0.05) is 25.2 Å². The molecule has 0 bridgehead atoms. The Kier molecular flexibility index (Phi) is 7.82. The Bertz CT molecular complexity index is 296. The van der Waals surface area contributed by atoms with Crippen LogP contribution in [-0.2, 0) is 9.09 Å². The molecule has 19 heavy (non-hydrogen) atoms. The van der Waals surface area contributed by atoms with Crippen molar-refractivity contribution in [3.05, 3.63) is 0 Å². The summed E-state index contributed by atoms with van der Waals surface area (Å²) >= 11 is 0. The smallest absolute Gasteiger partial charge is 0.306 e. The van der Waals surface area contributed by atoms with E-state index in [1.165, 1.54) is 0 Å². The van der Waals surface area contributed by atoms with E-state index in [0.29, 0.717) is 6.61 Å². The van der Waals surface area contributed by atoms with E-state index in [9.17, 15) is 4.57 Å². The van der Waals surface area contributed by atoms with Gasteiger partial charge in [0.25, 0.3) is 0 Å². The summed E-state index contributed by atoms with van der Waals surface area (Å²) in [6.07, 6.45) is 2.98. The zero-order chi connectivity index (χ0) is 13.8. The summed E-state index contributed by atoms with van der Waals surface area (Å²) in [7, 11) is -2.82. The van der Waals surface area contributed by atoms with E-state index in [2.05, 4.69) is 44.0 Å². The van der Waals surface area contributed by atoms with Gasteiger partial charge in [-0.05, 0) is 40.0 Å². The van der Waals surface area contributed by atoms with Crippen LogP contribution in [0, 0.1) is 0 Å². The molecule has 1 atom stereocenters. The van der Waals surface area contributed by atoms with Crippen molar-refractivity contribution < 1.29 is 9.09 Å². The lowest BCUT2D eigenvalue weighted by Crippen LogP contribution is -2.47. The van der Waals surface area contributed by atoms with Gasteiger partial charge >= 0.3 is 7.67 Å². The van der Waals surface area contributed by atoms with E-state index in [0.717, 1.165) is 38.9 Å². The van der Waals surface area contributed by atoms with Gasteiger partial charge < -0.3 is 4.52 Å². The van der Waals surface area contributed by atoms with E-state index in [1.807, 2.05) is 0 Å². The van der Waals surface area contributed by atoms with Crippen molar-refractivity contribution in [2.75, 3.05) is 26.2 Å². The molecule has 1 aliphatic rings. The predicted molar refractivity (Wildman–Crippen MR) is 83.5 cm³/mol. The average Bonchev–Trinajstić information content (AvgIpc) is 2.27. The highest BCUT2D eigenvalue weighted by Crippen LogP contribution is 2.59. The van der Waals surface area contributed by atoms with Gasteiger partial charge in [0.1, 0.15) is 0 Å². The quantitative estimate of drug-likeness (QED) is 0.704. The highest BCUT2D eigenvalue weighted by atomic mass is 31.2. The van der Waals surface area contributed by atoms with Crippen molar-refractivity contribution in [1.82, 2.24) is 9.34 Å². The number of nitrogens with zero attached hydrogens (tertiary/aromatic N) is 2. The Labute approximate surface area is 120 Å². The Morgan fingerprint density at radius 3 is 2.16 bits per heavy atom. The minimum Gasteiger partial charge on any atom is -0.306 e. The molecule has 0 saturated carbocycles. The molecule has 0 amide bonds. The lowest BCUT2D eigenvalue weighted by Gasteiger charge is -2.47. The maximum Gasteiger partial charge on any atom is 0.346 e. The van der Waals surface area contributed by atoms with E-state index >= 15 is 0 Å². The molecule has 5 heteroatoms. The molecule has 1 rings (SSSR count). The zero-order valence-corrected chi connectivity index (χ0v) is 13.5. The maximum absolute atomic E-state index is 13.3. The van der Waals surface area contributed by atoms with Gasteiger partial charge in [0.15, 0.2) is 0 Å². The highest BCUT2D eigenvalue weighted by Gasteiger charge is 2.45. The van der Waals surface area contributed by atoms with Crippen molar-refractivity contribution in [3.8, 4) is 0 Å². The largest absolute Gasteiger partial charge is 0.346 e. The lowest BCUT2D eigenvalue weighted by atomic mass is 10.1. The van der Waals surface area contributed by atoms with Crippen LogP contribution < -0.4 is 0 Å². The Hall–Kier alpha value is 0.110. The summed E-state index contributed by atoms with van der Waals surface area (Å²) in [5.74, 6) is 0. The monoisotopic (exact) mass is 292 g/mol. The van der Waals surface area contributed by atoms with Crippen LogP contribution in [0.5, 0.6) is 0 Å². The fourth-order valence-corrected chi connectivity index (χ4v) is 5.46. The van der Waals surface area contributed by atoms with Crippen LogP contribution in [0.3, 0.4) is 0 Å². The van der Waals surface area contributed by atoms with Gasteiger partial charge in [0.05, 0.1) is 6.61 Å². The average molecular weight is 292 g/mol. The summed E-state index contributed by atoms with van der Waals surface area (Å²) in [6.45, 7) is 13.8. The van der Waals surface area contributed by atoms with E-state index in [-0.39, 0.29) is 13.0 Å². The van der Waals surface area contributed by atoms with Gasteiger partial charge in [-0.25, -0.2) is 9.34 Å². The standard InChI is InChI=1S/C13H29N2O2P.CH4/c1-6-9-14(10-7-2)18(16)15(13(3,4)5)11-8-12-17-18;/h6-12H2,1-5H3;1H4. The molecule has 1 fully saturated rings. The Morgan fingerprint density at radius 1 is 1.21 bits per heavy atom.